The lowest BCUT2D eigenvalue weighted by atomic mass is 9.88. The monoisotopic (exact) mass is 377 g/mol. The lowest BCUT2D eigenvalue weighted by Crippen LogP contribution is -2.44. The van der Waals surface area contributed by atoms with Crippen molar-refractivity contribution in [3.8, 4) is 11.5 Å². The van der Waals surface area contributed by atoms with Crippen molar-refractivity contribution in [2.75, 3.05) is 13.2 Å². The molecule has 0 aromatic heterocycles. The van der Waals surface area contributed by atoms with E-state index >= 15 is 0 Å². The quantitative estimate of drug-likeness (QED) is 0.407. The molecule has 1 fully saturated rings. The number of phenolic OH excluding ortho intramolecular Hbond substituents is 1. The zero-order chi connectivity index (χ0) is 19.7. The summed E-state index contributed by atoms with van der Waals surface area (Å²) in [6.07, 6.45) is 10.9. The molecule has 0 heterocycles. The Hall–Kier alpha value is -1.26. The van der Waals surface area contributed by atoms with Crippen molar-refractivity contribution >= 4 is 0 Å². The van der Waals surface area contributed by atoms with Gasteiger partial charge in [-0.2, -0.15) is 0 Å². The van der Waals surface area contributed by atoms with Crippen LogP contribution in [0, 0.1) is 11.8 Å². The Kier molecular flexibility index (Phi) is 8.91. The standard InChI is InChI=1S/C23H39NO3/c1-18(2)7-5-3-4-6-14-27-22-11-10-19(15-21(22)26)12-13-23(24,17-25)16-20-8-9-20/h10-11,15,18,20,25-26H,3-9,12-14,16-17,24H2,1-2H3/t23-/m0/s1. The van der Waals surface area contributed by atoms with Crippen molar-refractivity contribution in [3.63, 3.8) is 0 Å². The van der Waals surface area contributed by atoms with E-state index < -0.39 is 5.54 Å². The van der Waals surface area contributed by atoms with Crippen LogP contribution in [0.15, 0.2) is 18.2 Å². The molecule has 1 aromatic carbocycles. The Morgan fingerprint density at radius 2 is 1.93 bits per heavy atom. The highest BCUT2D eigenvalue weighted by atomic mass is 16.5. The van der Waals surface area contributed by atoms with Gasteiger partial charge in [0.25, 0.3) is 0 Å². The first-order chi connectivity index (χ1) is 12.9. The molecule has 0 saturated heterocycles. The number of hydrogen-bond donors (Lipinski definition) is 3. The van der Waals surface area contributed by atoms with Crippen LogP contribution in [0.4, 0.5) is 0 Å². The third kappa shape index (κ3) is 8.52. The molecule has 1 aromatic rings. The summed E-state index contributed by atoms with van der Waals surface area (Å²) in [7, 11) is 0. The number of benzene rings is 1. The van der Waals surface area contributed by atoms with Gasteiger partial charge in [0.1, 0.15) is 0 Å². The van der Waals surface area contributed by atoms with Crippen molar-refractivity contribution in [3.05, 3.63) is 23.8 Å². The molecule has 27 heavy (non-hydrogen) atoms. The number of phenols is 1. The first-order valence-corrected chi connectivity index (χ1v) is 10.8. The van der Waals surface area contributed by atoms with Gasteiger partial charge in [-0.3, -0.25) is 0 Å². The van der Waals surface area contributed by atoms with Gasteiger partial charge >= 0.3 is 0 Å². The lowest BCUT2D eigenvalue weighted by molar-refractivity contribution is 0.172. The molecule has 1 aliphatic carbocycles. The Balaban J connectivity index is 1.69. The van der Waals surface area contributed by atoms with Gasteiger partial charge in [-0.25, -0.2) is 0 Å². The van der Waals surface area contributed by atoms with E-state index in [9.17, 15) is 10.2 Å². The van der Waals surface area contributed by atoms with Gasteiger partial charge in [0, 0.05) is 5.54 Å². The molecule has 0 radical (unpaired) electrons. The van der Waals surface area contributed by atoms with Gasteiger partial charge < -0.3 is 20.7 Å². The van der Waals surface area contributed by atoms with E-state index in [1.165, 1.54) is 38.5 Å². The van der Waals surface area contributed by atoms with Crippen molar-refractivity contribution in [1.29, 1.82) is 0 Å². The molecular weight excluding hydrogens is 338 g/mol. The molecule has 4 heteroatoms. The molecule has 1 atom stereocenters. The van der Waals surface area contributed by atoms with Crippen LogP contribution in [0.25, 0.3) is 0 Å². The Labute approximate surface area is 165 Å². The molecule has 0 amide bonds. The first-order valence-electron chi connectivity index (χ1n) is 10.8. The van der Waals surface area contributed by atoms with Crippen LogP contribution in [-0.4, -0.2) is 29.0 Å². The van der Waals surface area contributed by atoms with Gasteiger partial charge in [0.05, 0.1) is 13.2 Å². The van der Waals surface area contributed by atoms with Crippen molar-refractivity contribution in [1.82, 2.24) is 0 Å². The Morgan fingerprint density at radius 1 is 1.19 bits per heavy atom. The normalized spacial score (nSPS) is 16.5. The summed E-state index contributed by atoms with van der Waals surface area (Å²) in [5, 5.41) is 19.9. The van der Waals surface area contributed by atoms with Crippen LogP contribution in [0.3, 0.4) is 0 Å². The molecule has 0 aliphatic heterocycles. The van der Waals surface area contributed by atoms with Gasteiger partial charge in [-0.1, -0.05) is 58.4 Å². The molecule has 0 unspecified atom stereocenters. The first kappa shape index (κ1) is 22.0. The summed E-state index contributed by atoms with van der Waals surface area (Å²) >= 11 is 0. The van der Waals surface area contributed by atoms with Gasteiger partial charge in [0.2, 0.25) is 0 Å². The number of nitrogens with two attached hydrogens (primary N) is 1. The Morgan fingerprint density at radius 3 is 2.56 bits per heavy atom. The SMILES string of the molecule is CC(C)CCCCCCOc1ccc(CC[C@@](N)(CO)CC2CC2)cc1O. The third-order valence-corrected chi connectivity index (χ3v) is 5.58. The van der Waals surface area contributed by atoms with Crippen molar-refractivity contribution in [2.24, 2.45) is 17.6 Å². The van der Waals surface area contributed by atoms with Crippen LogP contribution in [0.5, 0.6) is 11.5 Å². The predicted octanol–water partition coefficient (Wildman–Crippen LogP) is 4.80. The maximum Gasteiger partial charge on any atom is 0.160 e. The number of aliphatic hydroxyl groups is 1. The second-order valence-corrected chi connectivity index (χ2v) is 8.92. The minimum absolute atomic E-state index is 0.0217. The molecule has 4 N–H and O–H groups in total. The highest BCUT2D eigenvalue weighted by Gasteiger charge is 2.33. The molecular formula is C23H39NO3. The van der Waals surface area contributed by atoms with E-state index in [-0.39, 0.29) is 12.4 Å². The van der Waals surface area contributed by atoms with Crippen LogP contribution >= 0.6 is 0 Å². The highest BCUT2D eigenvalue weighted by Crippen LogP contribution is 2.37. The van der Waals surface area contributed by atoms with Gasteiger partial charge in [-0.05, 0) is 55.2 Å². The molecule has 154 valence electrons. The minimum Gasteiger partial charge on any atom is -0.504 e. The third-order valence-electron chi connectivity index (χ3n) is 5.58. The fourth-order valence-corrected chi connectivity index (χ4v) is 3.57. The van der Waals surface area contributed by atoms with E-state index in [0.717, 1.165) is 37.2 Å². The summed E-state index contributed by atoms with van der Waals surface area (Å²) in [6, 6.07) is 5.61. The summed E-state index contributed by atoms with van der Waals surface area (Å²) < 4.78 is 5.73. The van der Waals surface area contributed by atoms with Crippen LogP contribution in [0.1, 0.15) is 77.2 Å². The van der Waals surface area contributed by atoms with E-state index in [1.807, 2.05) is 12.1 Å². The minimum atomic E-state index is -0.498. The van der Waals surface area contributed by atoms with Gasteiger partial charge in [0.15, 0.2) is 11.5 Å². The molecule has 1 saturated carbocycles. The number of aryl methyl sites for hydroxylation is 1. The topological polar surface area (TPSA) is 75.7 Å². The number of ether oxygens (including phenoxy) is 1. The van der Waals surface area contributed by atoms with E-state index in [2.05, 4.69) is 13.8 Å². The zero-order valence-electron chi connectivity index (χ0n) is 17.3. The van der Waals surface area contributed by atoms with Crippen molar-refractivity contribution in [2.45, 2.75) is 83.6 Å². The van der Waals surface area contributed by atoms with Crippen LogP contribution < -0.4 is 10.5 Å². The van der Waals surface area contributed by atoms with Crippen molar-refractivity contribution < 1.29 is 14.9 Å². The predicted molar refractivity (Wildman–Crippen MR) is 111 cm³/mol. The molecule has 0 spiro atoms. The largest absolute Gasteiger partial charge is 0.504 e. The maximum atomic E-state index is 10.2. The summed E-state index contributed by atoms with van der Waals surface area (Å²) in [4.78, 5) is 0. The second kappa shape index (κ2) is 10.9. The zero-order valence-corrected chi connectivity index (χ0v) is 17.3. The molecule has 0 bridgehead atoms. The summed E-state index contributed by atoms with van der Waals surface area (Å²) in [5.41, 5.74) is 6.89. The molecule has 2 rings (SSSR count). The number of rotatable bonds is 14. The van der Waals surface area contributed by atoms with Crippen LogP contribution in [0.2, 0.25) is 0 Å². The van der Waals surface area contributed by atoms with E-state index in [4.69, 9.17) is 10.5 Å². The second-order valence-electron chi connectivity index (χ2n) is 8.92. The van der Waals surface area contributed by atoms with Gasteiger partial charge in [-0.15, -0.1) is 0 Å². The Bertz CT molecular complexity index is 557. The average Bonchev–Trinajstić information content (AvgIpc) is 3.44. The lowest BCUT2D eigenvalue weighted by Gasteiger charge is -2.27. The van der Waals surface area contributed by atoms with Crippen LogP contribution in [-0.2, 0) is 6.42 Å². The fourth-order valence-electron chi connectivity index (χ4n) is 3.57. The average molecular weight is 378 g/mol. The number of aliphatic hydroxyl groups excluding tert-OH is 1. The number of unbranched alkanes of at least 4 members (excludes halogenated alkanes) is 3. The molecule has 1 aliphatic rings. The van der Waals surface area contributed by atoms with E-state index in [0.29, 0.717) is 18.3 Å². The van der Waals surface area contributed by atoms with E-state index in [1.54, 1.807) is 6.07 Å². The smallest absolute Gasteiger partial charge is 0.160 e. The number of aromatic hydroxyl groups is 1. The highest BCUT2D eigenvalue weighted by molar-refractivity contribution is 5.41. The fraction of sp³-hybridized carbons (Fsp3) is 0.739. The summed E-state index contributed by atoms with van der Waals surface area (Å²) in [6.45, 7) is 5.19. The maximum absolute atomic E-state index is 10.2. The summed E-state index contributed by atoms with van der Waals surface area (Å²) in [5.74, 6) is 2.23. The number of hydrogen-bond acceptors (Lipinski definition) is 4. The molecule has 4 nitrogen and oxygen atoms in total.